The number of carbonyl (C=O) groups is 1. The number of amides is 1. The van der Waals surface area contributed by atoms with Gasteiger partial charge in [-0.1, -0.05) is 6.07 Å². The van der Waals surface area contributed by atoms with E-state index in [0.29, 0.717) is 31.1 Å². The lowest BCUT2D eigenvalue weighted by molar-refractivity contribution is 0.00465. The summed E-state index contributed by atoms with van der Waals surface area (Å²) in [6.45, 7) is 4.68. The third-order valence-corrected chi connectivity index (χ3v) is 4.39. The Hall–Kier alpha value is -1.63. The molecule has 1 N–H and O–H groups in total. The fourth-order valence-electron chi connectivity index (χ4n) is 2.98. The Labute approximate surface area is 136 Å². The van der Waals surface area contributed by atoms with Gasteiger partial charge >= 0.3 is 0 Å². The van der Waals surface area contributed by atoms with Gasteiger partial charge in [-0.05, 0) is 24.1 Å². The van der Waals surface area contributed by atoms with Crippen LogP contribution < -0.4 is 4.74 Å². The summed E-state index contributed by atoms with van der Waals surface area (Å²) >= 11 is 0. The first-order chi connectivity index (χ1) is 11.1. The Kier molecular flexibility index (Phi) is 5.15. The maximum Gasteiger partial charge on any atom is 0.254 e. The zero-order valence-electron chi connectivity index (χ0n) is 13.5. The lowest BCUT2D eigenvalue weighted by atomic mass is 9.99. The summed E-state index contributed by atoms with van der Waals surface area (Å²) in [5.74, 6) is 0.666. The zero-order chi connectivity index (χ0) is 16.2. The Morgan fingerprint density at radius 3 is 2.87 bits per heavy atom. The van der Waals surface area contributed by atoms with Crippen LogP contribution in [-0.4, -0.2) is 80.0 Å². The van der Waals surface area contributed by atoms with Crippen LogP contribution in [0.15, 0.2) is 18.2 Å². The van der Waals surface area contributed by atoms with Crippen molar-refractivity contribution in [2.24, 2.45) is 0 Å². The van der Waals surface area contributed by atoms with Crippen LogP contribution in [0, 0.1) is 0 Å². The Morgan fingerprint density at radius 2 is 2.09 bits per heavy atom. The van der Waals surface area contributed by atoms with Gasteiger partial charge in [-0.2, -0.15) is 0 Å². The van der Waals surface area contributed by atoms with Crippen molar-refractivity contribution < 1.29 is 19.4 Å². The molecule has 1 aromatic carbocycles. The van der Waals surface area contributed by atoms with E-state index in [1.54, 1.807) is 11.0 Å². The van der Waals surface area contributed by atoms with Crippen LogP contribution in [0.4, 0.5) is 0 Å². The van der Waals surface area contributed by atoms with Crippen LogP contribution in [0.1, 0.15) is 15.9 Å². The van der Waals surface area contributed by atoms with Crippen molar-refractivity contribution in [3.05, 3.63) is 29.3 Å². The monoisotopic (exact) mass is 320 g/mol. The highest BCUT2D eigenvalue weighted by molar-refractivity contribution is 5.97. The summed E-state index contributed by atoms with van der Waals surface area (Å²) in [5, 5.41) is 10.1. The van der Waals surface area contributed by atoms with Gasteiger partial charge in [-0.25, -0.2) is 0 Å². The van der Waals surface area contributed by atoms with Crippen molar-refractivity contribution in [3.63, 3.8) is 0 Å². The average molecular weight is 320 g/mol. The molecule has 1 saturated heterocycles. The van der Waals surface area contributed by atoms with E-state index >= 15 is 0 Å². The molecule has 1 amide bonds. The van der Waals surface area contributed by atoms with Gasteiger partial charge in [0.25, 0.3) is 5.91 Å². The number of benzene rings is 1. The van der Waals surface area contributed by atoms with E-state index in [2.05, 4.69) is 4.90 Å². The van der Waals surface area contributed by atoms with Crippen LogP contribution in [0.2, 0.25) is 0 Å². The number of aliphatic hydroxyl groups is 1. The van der Waals surface area contributed by atoms with E-state index in [9.17, 15) is 9.90 Å². The summed E-state index contributed by atoms with van der Waals surface area (Å²) in [6.07, 6.45) is 0.319. The Balaban J connectivity index is 1.55. The lowest BCUT2D eigenvalue weighted by Crippen LogP contribution is -2.42. The molecule has 2 heterocycles. The van der Waals surface area contributed by atoms with Gasteiger partial charge in [0.2, 0.25) is 0 Å². The Morgan fingerprint density at radius 1 is 1.30 bits per heavy atom. The number of fused-ring (bicyclic) bond motifs is 1. The first kappa shape index (κ1) is 16.2. The van der Waals surface area contributed by atoms with Crippen molar-refractivity contribution in [2.45, 2.75) is 12.5 Å². The molecule has 2 aliphatic rings. The number of morpholine rings is 1. The number of hydrogen-bond acceptors (Lipinski definition) is 5. The minimum atomic E-state index is -0.553. The molecule has 2 aliphatic heterocycles. The minimum absolute atomic E-state index is 0.0329. The molecule has 3 rings (SSSR count). The maximum atomic E-state index is 12.2. The highest BCUT2D eigenvalue weighted by Gasteiger charge is 2.22. The molecule has 1 unspecified atom stereocenters. The quantitative estimate of drug-likeness (QED) is 0.850. The van der Waals surface area contributed by atoms with Gasteiger partial charge in [0.15, 0.2) is 0 Å². The largest absolute Gasteiger partial charge is 0.491 e. The molecule has 1 atom stereocenters. The smallest absolute Gasteiger partial charge is 0.254 e. The van der Waals surface area contributed by atoms with Crippen LogP contribution >= 0.6 is 0 Å². The molecule has 0 spiro atoms. The normalized spacial score (nSPS) is 20.3. The topological polar surface area (TPSA) is 62.2 Å². The van der Waals surface area contributed by atoms with E-state index < -0.39 is 6.10 Å². The number of β-amino-alcohol motifs (C(OH)–C–C–N with tert-alkyl or cyclic N) is 1. The van der Waals surface area contributed by atoms with Crippen LogP contribution in [-0.2, 0) is 11.2 Å². The number of carbonyl (C=O) groups excluding carboxylic acids is 1. The summed E-state index contributed by atoms with van der Waals surface area (Å²) in [5.41, 5.74) is 1.77. The first-order valence-corrected chi connectivity index (χ1v) is 8.13. The number of hydrogen-bond donors (Lipinski definition) is 1. The maximum absolute atomic E-state index is 12.2. The number of aliphatic hydroxyl groups excluding tert-OH is 1. The molecule has 23 heavy (non-hydrogen) atoms. The third kappa shape index (κ3) is 4.02. The molecule has 1 aromatic rings. The summed E-state index contributed by atoms with van der Waals surface area (Å²) < 4.78 is 11.0. The van der Waals surface area contributed by atoms with Gasteiger partial charge < -0.3 is 19.5 Å². The molecule has 126 valence electrons. The van der Waals surface area contributed by atoms with Crippen molar-refractivity contribution in [1.29, 1.82) is 0 Å². The van der Waals surface area contributed by atoms with Crippen LogP contribution in [0.3, 0.4) is 0 Å². The van der Waals surface area contributed by atoms with E-state index in [1.165, 1.54) is 0 Å². The zero-order valence-corrected chi connectivity index (χ0v) is 13.5. The molecular formula is C17H24N2O4. The van der Waals surface area contributed by atoms with Gasteiger partial charge in [-0.3, -0.25) is 9.69 Å². The number of likely N-dealkylation sites (N-methyl/N-ethyl adjacent to an activating group) is 1. The molecule has 0 radical (unpaired) electrons. The molecule has 1 fully saturated rings. The number of nitrogens with zero attached hydrogens (tertiary/aromatic N) is 2. The fraction of sp³-hybridized carbons (Fsp3) is 0.588. The fourth-order valence-corrected chi connectivity index (χ4v) is 2.98. The predicted octanol–water partition coefficient (Wildman–Crippen LogP) is 0.387. The van der Waals surface area contributed by atoms with E-state index in [1.807, 2.05) is 19.2 Å². The average Bonchev–Trinajstić information content (AvgIpc) is 2.57. The summed E-state index contributed by atoms with van der Waals surface area (Å²) in [4.78, 5) is 16.1. The van der Waals surface area contributed by atoms with Gasteiger partial charge in [0.05, 0.1) is 13.2 Å². The van der Waals surface area contributed by atoms with Crippen molar-refractivity contribution in [2.75, 3.05) is 53.0 Å². The molecule has 6 nitrogen and oxygen atoms in total. The third-order valence-electron chi connectivity index (χ3n) is 4.39. The summed E-state index contributed by atoms with van der Waals surface area (Å²) in [6, 6.07) is 5.61. The van der Waals surface area contributed by atoms with Crippen molar-refractivity contribution in [3.8, 4) is 5.75 Å². The molecule has 6 heteroatoms. The van der Waals surface area contributed by atoms with Gasteiger partial charge in [-0.15, -0.1) is 0 Å². The highest BCUT2D eigenvalue weighted by Crippen LogP contribution is 2.23. The predicted molar refractivity (Wildman–Crippen MR) is 85.9 cm³/mol. The second kappa shape index (κ2) is 7.29. The van der Waals surface area contributed by atoms with Crippen molar-refractivity contribution in [1.82, 2.24) is 9.80 Å². The first-order valence-electron chi connectivity index (χ1n) is 8.13. The molecule has 0 aromatic heterocycles. The second-order valence-electron chi connectivity index (χ2n) is 6.17. The minimum Gasteiger partial charge on any atom is -0.491 e. The molecule has 0 bridgehead atoms. The van der Waals surface area contributed by atoms with E-state index in [-0.39, 0.29) is 12.5 Å². The molecule has 0 aliphatic carbocycles. The number of ether oxygens (including phenoxy) is 2. The highest BCUT2D eigenvalue weighted by atomic mass is 16.5. The molecule has 0 saturated carbocycles. The van der Waals surface area contributed by atoms with Crippen LogP contribution in [0.25, 0.3) is 0 Å². The molecular weight excluding hydrogens is 296 g/mol. The standard InChI is InChI=1S/C17H24N2O4/c1-18-5-4-13-2-3-15(10-16(13)17(18)21)23-12-14(20)11-19-6-8-22-9-7-19/h2-3,10,14,20H,4-9,11-12H2,1H3. The van der Waals surface area contributed by atoms with Gasteiger partial charge in [0.1, 0.15) is 18.5 Å². The SMILES string of the molecule is CN1CCc2ccc(OCC(O)CN3CCOCC3)cc2C1=O. The summed E-state index contributed by atoms with van der Waals surface area (Å²) in [7, 11) is 1.81. The van der Waals surface area contributed by atoms with E-state index in [4.69, 9.17) is 9.47 Å². The lowest BCUT2D eigenvalue weighted by Gasteiger charge is -2.28. The van der Waals surface area contributed by atoms with Gasteiger partial charge in [0, 0.05) is 38.8 Å². The van der Waals surface area contributed by atoms with E-state index in [0.717, 1.165) is 31.6 Å². The van der Waals surface area contributed by atoms with Crippen molar-refractivity contribution >= 4 is 5.91 Å². The number of rotatable bonds is 5. The second-order valence-corrected chi connectivity index (χ2v) is 6.17. The van der Waals surface area contributed by atoms with Crippen LogP contribution in [0.5, 0.6) is 5.75 Å². The Bertz CT molecular complexity index is 558.